The highest BCUT2D eigenvalue weighted by Crippen LogP contribution is 1.97. The Bertz CT molecular complexity index is 48.0. The third kappa shape index (κ3) is 1.14. The van der Waals surface area contributed by atoms with Gasteiger partial charge in [0.1, 0.15) is 6.17 Å². The molecule has 1 saturated heterocycles. The third-order valence-electron chi connectivity index (χ3n) is 1.16. The van der Waals surface area contributed by atoms with Crippen LogP contribution in [0.4, 0.5) is 0 Å². The first-order chi connectivity index (χ1) is 3.43. The van der Waals surface area contributed by atoms with Crippen LogP contribution in [0.25, 0.3) is 0 Å². The summed E-state index contributed by atoms with van der Waals surface area (Å²) in [5, 5.41) is 6.42. The van der Waals surface area contributed by atoms with Crippen LogP contribution in [0.2, 0.25) is 0 Å². The monoisotopic (exact) mass is 99.1 g/mol. The van der Waals surface area contributed by atoms with E-state index in [1.165, 1.54) is 6.17 Å². The summed E-state index contributed by atoms with van der Waals surface area (Å²) in [6, 6.07) is 0. The second kappa shape index (κ2) is 2.28. The van der Waals surface area contributed by atoms with E-state index >= 15 is 0 Å². The molecule has 0 bridgehead atoms. The summed E-state index contributed by atoms with van der Waals surface area (Å²) in [6.45, 7) is 4.34. The fraction of sp³-hybridized carbons (Fsp3) is 0.800. The van der Waals surface area contributed by atoms with E-state index in [2.05, 4.69) is 17.6 Å². The van der Waals surface area contributed by atoms with Crippen LogP contribution in [-0.2, 0) is 0 Å². The minimum Gasteiger partial charge on any atom is -0.295 e. The van der Waals surface area contributed by atoms with E-state index in [0.29, 0.717) is 0 Å². The van der Waals surface area contributed by atoms with Gasteiger partial charge in [-0.25, -0.2) is 0 Å². The predicted octanol–water partition coefficient (Wildman–Crippen LogP) is 0.0787. The normalized spacial score (nSPS) is 23.6. The molecule has 2 N–H and O–H groups in total. The fourth-order valence-corrected chi connectivity index (χ4v) is 0.739. The van der Waals surface area contributed by atoms with Gasteiger partial charge >= 0.3 is 0 Å². The topological polar surface area (TPSA) is 24.1 Å². The van der Waals surface area contributed by atoms with E-state index in [4.69, 9.17) is 0 Å². The maximum absolute atomic E-state index is 3.21. The molecule has 0 amide bonds. The van der Waals surface area contributed by atoms with Crippen molar-refractivity contribution in [1.29, 1.82) is 0 Å². The molecule has 0 unspecified atom stereocenters. The molecular formula is C5H11N2. The number of hydrogen-bond acceptors (Lipinski definition) is 2. The lowest BCUT2D eigenvalue weighted by atomic mass is 10.4. The summed E-state index contributed by atoms with van der Waals surface area (Å²) in [5.41, 5.74) is 0. The first kappa shape index (κ1) is 5.06. The second-order valence-electron chi connectivity index (χ2n) is 1.69. The van der Waals surface area contributed by atoms with Gasteiger partial charge in [0, 0.05) is 13.1 Å². The van der Waals surface area contributed by atoms with Crippen LogP contribution in [0, 0.1) is 6.17 Å². The molecule has 0 aromatic carbocycles. The van der Waals surface area contributed by atoms with Crippen molar-refractivity contribution in [1.82, 2.24) is 10.6 Å². The van der Waals surface area contributed by atoms with Crippen molar-refractivity contribution in [2.24, 2.45) is 0 Å². The molecule has 0 aromatic rings. The number of nitrogens with one attached hydrogen (secondary N) is 2. The average Bonchev–Trinajstić information content (AvgIpc) is 2.14. The SMILES string of the molecule is CC[C]1NCCN1. The van der Waals surface area contributed by atoms with Crippen molar-refractivity contribution in [2.75, 3.05) is 13.1 Å². The van der Waals surface area contributed by atoms with Gasteiger partial charge in [0.15, 0.2) is 0 Å². The lowest BCUT2D eigenvalue weighted by Gasteiger charge is -2.01. The van der Waals surface area contributed by atoms with Gasteiger partial charge in [-0.05, 0) is 6.42 Å². The zero-order valence-corrected chi connectivity index (χ0v) is 4.62. The van der Waals surface area contributed by atoms with Gasteiger partial charge in [0.2, 0.25) is 0 Å². The van der Waals surface area contributed by atoms with Crippen molar-refractivity contribution >= 4 is 0 Å². The summed E-state index contributed by atoms with van der Waals surface area (Å²) < 4.78 is 0. The Hall–Kier alpha value is -0.0800. The van der Waals surface area contributed by atoms with Crippen LogP contribution < -0.4 is 10.6 Å². The van der Waals surface area contributed by atoms with E-state index in [0.717, 1.165) is 19.5 Å². The van der Waals surface area contributed by atoms with E-state index in [1.807, 2.05) is 0 Å². The van der Waals surface area contributed by atoms with Gasteiger partial charge in [0.05, 0.1) is 0 Å². The Labute approximate surface area is 44.3 Å². The van der Waals surface area contributed by atoms with Crippen molar-refractivity contribution in [3.05, 3.63) is 6.17 Å². The van der Waals surface area contributed by atoms with Gasteiger partial charge in [-0.15, -0.1) is 0 Å². The van der Waals surface area contributed by atoms with E-state index in [9.17, 15) is 0 Å². The zero-order chi connectivity index (χ0) is 5.11. The van der Waals surface area contributed by atoms with Crippen LogP contribution in [0.15, 0.2) is 0 Å². The van der Waals surface area contributed by atoms with Gasteiger partial charge in [0.25, 0.3) is 0 Å². The Kier molecular flexibility index (Phi) is 1.65. The molecule has 2 nitrogen and oxygen atoms in total. The molecule has 2 heteroatoms. The fourth-order valence-electron chi connectivity index (χ4n) is 0.739. The van der Waals surface area contributed by atoms with Crippen molar-refractivity contribution in [2.45, 2.75) is 13.3 Å². The minimum atomic E-state index is 1.10. The number of hydrogen-bond donors (Lipinski definition) is 2. The molecule has 1 radical (unpaired) electrons. The largest absolute Gasteiger partial charge is 0.295 e. The Morgan fingerprint density at radius 2 is 2.00 bits per heavy atom. The van der Waals surface area contributed by atoms with Crippen molar-refractivity contribution < 1.29 is 0 Å². The molecule has 0 atom stereocenters. The maximum Gasteiger partial charge on any atom is 0.101 e. The highest BCUT2D eigenvalue weighted by molar-refractivity contribution is 4.87. The maximum atomic E-state index is 3.21. The molecule has 0 saturated carbocycles. The molecule has 1 fully saturated rings. The third-order valence-corrected chi connectivity index (χ3v) is 1.16. The van der Waals surface area contributed by atoms with Gasteiger partial charge in [-0.1, -0.05) is 6.92 Å². The summed E-state index contributed by atoms with van der Waals surface area (Å²) in [5.74, 6) is 0. The van der Waals surface area contributed by atoms with Crippen LogP contribution in [0.1, 0.15) is 13.3 Å². The summed E-state index contributed by atoms with van der Waals surface area (Å²) in [7, 11) is 0. The molecule has 0 spiro atoms. The summed E-state index contributed by atoms with van der Waals surface area (Å²) in [6.07, 6.45) is 2.40. The van der Waals surface area contributed by atoms with Crippen LogP contribution in [0.3, 0.4) is 0 Å². The Morgan fingerprint density at radius 3 is 2.29 bits per heavy atom. The smallest absolute Gasteiger partial charge is 0.101 e. The standard InChI is InChI=1S/C5H11N2/c1-2-5-6-3-4-7-5/h6-7H,2-4H2,1H3. The Balaban J connectivity index is 2.14. The zero-order valence-electron chi connectivity index (χ0n) is 4.62. The first-order valence-electron chi connectivity index (χ1n) is 2.77. The highest BCUT2D eigenvalue weighted by atomic mass is 15.2. The lowest BCUT2D eigenvalue weighted by molar-refractivity contribution is 0.700. The average molecular weight is 99.2 g/mol. The number of rotatable bonds is 1. The predicted molar refractivity (Wildman–Crippen MR) is 29.5 cm³/mol. The van der Waals surface area contributed by atoms with Gasteiger partial charge in [-0.2, -0.15) is 0 Å². The molecule has 0 aliphatic carbocycles. The van der Waals surface area contributed by atoms with E-state index < -0.39 is 0 Å². The summed E-state index contributed by atoms with van der Waals surface area (Å²) in [4.78, 5) is 0. The molecule has 7 heavy (non-hydrogen) atoms. The summed E-state index contributed by atoms with van der Waals surface area (Å²) >= 11 is 0. The molecule has 1 heterocycles. The Morgan fingerprint density at radius 1 is 1.43 bits per heavy atom. The highest BCUT2D eigenvalue weighted by Gasteiger charge is 2.09. The lowest BCUT2D eigenvalue weighted by Crippen LogP contribution is -2.19. The van der Waals surface area contributed by atoms with Crippen LogP contribution in [-0.4, -0.2) is 13.1 Å². The molecular weight excluding hydrogens is 88.1 g/mol. The molecule has 41 valence electrons. The van der Waals surface area contributed by atoms with Crippen LogP contribution >= 0.6 is 0 Å². The van der Waals surface area contributed by atoms with E-state index in [-0.39, 0.29) is 0 Å². The first-order valence-corrected chi connectivity index (χ1v) is 2.77. The second-order valence-corrected chi connectivity index (χ2v) is 1.69. The molecule has 1 aliphatic heterocycles. The quantitative estimate of drug-likeness (QED) is 0.486. The van der Waals surface area contributed by atoms with Gasteiger partial charge in [-0.3, -0.25) is 10.6 Å². The van der Waals surface area contributed by atoms with Crippen molar-refractivity contribution in [3.63, 3.8) is 0 Å². The van der Waals surface area contributed by atoms with Crippen LogP contribution in [0.5, 0.6) is 0 Å². The van der Waals surface area contributed by atoms with E-state index in [1.54, 1.807) is 0 Å². The molecule has 1 rings (SSSR count). The molecule has 1 aliphatic rings. The van der Waals surface area contributed by atoms with Gasteiger partial charge < -0.3 is 0 Å². The molecule has 0 aromatic heterocycles. The van der Waals surface area contributed by atoms with Crippen molar-refractivity contribution in [3.8, 4) is 0 Å². The minimum absolute atomic E-state index is 1.10.